The molecule has 0 aliphatic rings. The van der Waals surface area contributed by atoms with E-state index >= 15 is 0 Å². The summed E-state index contributed by atoms with van der Waals surface area (Å²) in [5.74, 6) is -1.76. The van der Waals surface area contributed by atoms with Crippen molar-refractivity contribution in [1.29, 1.82) is 0 Å². The molecule has 30 heavy (non-hydrogen) atoms. The van der Waals surface area contributed by atoms with Gasteiger partial charge in [-0.2, -0.15) is 0 Å². The Hall–Kier alpha value is -3.68. The summed E-state index contributed by atoms with van der Waals surface area (Å²) in [7, 11) is 0. The van der Waals surface area contributed by atoms with Gasteiger partial charge in [-0.1, -0.05) is 60.7 Å². The van der Waals surface area contributed by atoms with Crippen LogP contribution in [0.4, 0.5) is 4.79 Å². The van der Waals surface area contributed by atoms with Crippen molar-refractivity contribution in [2.75, 3.05) is 6.54 Å². The Bertz CT molecular complexity index is 871. The zero-order valence-electron chi connectivity index (χ0n) is 16.9. The minimum atomic E-state index is -1.31. The standard InChI is InChI=1S/C22H25N3O5/c1-3-23-22(29)25-21(28)20(17-12-8-5-9-13-17)30-19(27)14-18(24-15(2)26)16-10-6-4-7-11-16/h4-13,18,20H,3,14H2,1-2H3,(H,24,26)(H2,23,25,28,29)/t18-,20-/m0/s1. The number of carbonyl (C=O) groups excluding carboxylic acids is 4. The number of ether oxygens (including phenoxy) is 1. The molecule has 0 spiro atoms. The van der Waals surface area contributed by atoms with Gasteiger partial charge in [-0.15, -0.1) is 0 Å². The molecule has 2 rings (SSSR count). The molecule has 2 atom stereocenters. The Morgan fingerprint density at radius 2 is 1.47 bits per heavy atom. The molecule has 3 N–H and O–H groups in total. The van der Waals surface area contributed by atoms with E-state index in [0.29, 0.717) is 12.1 Å². The summed E-state index contributed by atoms with van der Waals surface area (Å²) >= 11 is 0. The maximum Gasteiger partial charge on any atom is 0.321 e. The minimum Gasteiger partial charge on any atom is -0.447 e. The number of carbonyl (C=O) groups is 4. The number of nitrogens with one attached hydrogen (secondary N) is 3. The summed E-state index contributed by atoms with van der Waals surface area (Å²) in [4.78, 5) is 48.5. The molecule has 0 saturated heterocycles. The van der Waals surface area contributed by atoms with E-state index in [2.05, 4.69) is 16.0 Å². The summed E-state index contributed by atoms with van der Waals surface area (Å²) in [6.45, 7) is 3.41. The second-order valence-electron chi connectivity index (χ2n) is 6.50. The lowest BCUT2D eigenvalue weighted by Crippen LogP contribution is -2.42. The Balaban J connectivity index is 2.17. The molecule has 0 saturated carbocycles. The summed E-state index contributed by atoms with van der Waals surface area (Å²) in [6, 6.07) is 16.1. The number of rotatable bonds is 8. The van der Waals surface area contributed by atoms with Gasteiger partial charge in [0.1, 0.15) is 0 Å². The van der Waals surface area contributed by atoms with E-state index in [0.717, 1.165) is 5.56 Å². The second-order valence-corrected chi connectivity index (χ2v) is 6.50. The lowest BCUT2D eigenvalue weighted by Gasteiger charge is -2.21. The maximum absolute atomic E-state index is 12.7. The Morgan fingerprint density at radius 1 is 0.900 bits per heavy atom. The summed E-state index contributed by atoms with van der Waals surface area (Å²) in [5, 5.41) is 7.33. The first-order valence-corrected chi connectivity index (χ1v) is 9.55. The minimum absolute atomic E-state index is 0.179. The molecule has 158 valence electrons. The number of hydrogen-bond donors (Lipinski definition) is 3. The Morgan fingerprint density at radius 3 is 2.00 bits per heavy atom. The van der Waals surface area contributed by atoms with Crippen LogP contribution in [0.15, 0.2) is 60.7 Å². The van der Waals surface area contributed by atoms with Crippen molar-refractivity contribution in [3.8, 4) is 0 Å². The van der Waals surface area contributed by atoms with E-state index in [1.54, 1.807) is 61.5 Å². The van der Waals surface area contributed by atoms with Crippen LogP contribution in [0, 0.1) is 0 Å². The quantitative estimate of drug-likeness (QED) is 0.577. The first-order chi connectivity index (χ1) is 14.4. The predicted molar refractivity (Wildman–Crippen MR) is 110 cm³/mol. The van der Waals surface area contributed by atoms with Gasteiger partial charge in [-0.25, -0.2) is 4.79 Å². The van der Waals surface area contributed by atoms with E-state index in [9.17, 15) is 19.2 Å². The van der Waals surface area contributed by atoms with Gasteiger partial charge in [0.05, 0.1) is 12.5 Å². The van der Waals surface area contributed by atoms with Crippen molar-refractivity contribution < 1.29 is 23.9 Å². The van der Waals surface area contributed by atoms with Gasteiger partial charge in [0.2, 0.25) is 12.0 Å². The highest BCUT2D eigenvalue weighted by Crippen LogP contribution is 2.22. The van der Waals surface area contributed by atoms with E-state index in [4.69, 9.17) is 4.74 Å². The Kier molecular flexibility index (Phi) is 8.56. The van der Waals surface area contributed by atoms with Crippen molar-refractivity contribution in [2.45, 2.75) is 32.4 Å². The molecule has 8 heteroatoms. The van der Waals surface area contributed by atoms with Crippen molar-refractivity contribution in [2.24, 2.45) is 0 Å². The SMILES string of the molecule is CCNC(=O)NC(=O)[C@@H](OC(=O)C[C@H](NC(C)=O)c1ccccc1)c1ccccc1. The van der Waals surface area contributed by atoms with Crippen molar-refractivity contribution >= 4 is 23.8 Å². The fourth-order valence-corrected chi connectivity index (χ4v) is 2.81. The third-order valence-electron chi connectivity index (χ3n) is 4.11. The van der Waals surface area contributed by atoms with Gasteiger partial charge in [-0.3, -0.25) is 19.7 Å². The largest absolute Gasteiger partial charge is 0.447 e. The molecule has 0 heterocycles. The van der Waals surface area contributed by atoms with Crippen molar-refractivity contribution in [3.05, 3.63) is 71.8 Å². The number of urea groups is 1. The number of benzene rings is 2. The maximum atomic E-state index is 12.7. The van der Waals surface area contributed by atoms with Crippen LogP contribution in [0.5, 0.6) is 0 Å². The number of hydrogen-bond acceptors (Lipinski definition) is 5. The molecule has 2 aromatic carbocycles. The van der Waals surface area contributed by atoms with E-state index in [1.807, 2.05) is 6.07 Å². The normalized spacial score (nSPS) is 12.2. The van der Waals surface area contributed by atoms with Gasteiger partial charge in [-0.05, 0) is 12.5 Å². The van der Waals surface area contributed by atoms with E-state index < -0.39 is 30.1 Å². The summed E-state index contributed by atoms with van der Waals surface area (Å²) in [6.07, 6.45) is -1.49. The van der Waals surface area contributed by atoms with Gasteiger partial charge in [0.15, 0.2) is 0 Å². The fourth-order valence-electron chi connectivity index (χ4n) is 2.81. The molecule has 0 aromatic heterocycles. The van der Waals surface area contributed by atoms with Crippen LogP contribution in [-0.2, 0) is 19.1 Å². The van der Waals surface area contributed by atoms with Crippen LogP contribution < -0.4 is 16.0 Å². The Labute approximate surface area is 175 Å². The molecule has 4 amide bonds. The molecule has 0 radical (unpaired) electrons. The summed E-state index contributed by atoms with van der Waals surface area (Å²) < 4.78 is 5.43. The monoisotopic (exact) mass is 411 g/mol. The van der Waals surface area contributed by atoms with Gasteiger partial charge < -0.3 is 15.4 Å². The van der Waals surface area contributed by atoms with Gasteiger partial charge in [0.25, 0.3) is 5.91 Å². The van der Waals surface area contributed by atoms with Crippen LogP contribution in [0.2, 0.25) is 0 Å². The van der Waals surface area contributed by atoms with Crippen LogP contribution in [0.25, 0.3) is 0 Å². The second kappa shape index (κ2) is 11.4. The predicted octanol–water partition coefficient (Wildman–Crippen LogP) is 2.38. The third kappa shape index (κ3) is 7.05. The van der Waals surface area contributed by atoms with Crippen LogP contribution in [0.3, 0.4) is 0 Å². The molecule has 2 aromatic rings. The lowest BCUT2D eigenvalue weighted by atomic mass is 10.0. The van der Waals surface area contributed by atoms with Crippen LogP contribution in [-0.4, -0.2) is 30.4 Å². The highest BCUT2D eigenvalue weighted by Gasteiger charge is 2.28. The number of imide groups is 1. The first-order valence-electron chi connectivity index (χ1n) is 9.55. The fraction of sp³-hybridized carbons (Fsp3) is 0.273. The number of esters is 1. The zero-order valence-corrected chi connectivity index (χ0v) is 16.9. The third-order valence-corrected chi connectivity index (χ3v) is 4.11. The van der Waals surface area contributed by atoms with Crippen LogP contribution in [0.1, 0.15) is 43.5 Å². The number of amides is 4. The molecular formula is C22H25N3O5. The van der Waals surface area contributed by atoms with Crippen molar-refractivity contribution in [1.82, 2.24) is 16.0 Å². The smallest absolute Gasteiger partial charge is 0.321 e. The topological polar surface area (TPSA) is 114 Å². The van der Waals surface area contributed by atoms with E-state index in [1.165, 1.54) is 6.92 Å². The average Bonchev–Trinajstić information content (AvgIpc) is 2.72. The molecule has 0 aliphatic carbocycles. The van der Waals surface area contributed by atoms with Gasteiger partial charge in [0, 0.05) is 19.0 Å². The molecule has 8 nitrogen and oxygen atoms in total. The molecular weight excluding hydrogens is 386 g/mol. The lowest BCUT2D eigenvalue weighted by molar-refractivity contribution is -0.156. The van der Waals surface area contributed by atoms with Crippen molar-refractivity contribution in [3.63, 3.8) is 0 Å². The first kappa shape index (κ1) is 22.6. The molecule has 0 unspecified atom stereocenters. The average molecular weight is 411 g/mol. The highest BCUT2D eigenvalue weighted by molar-refractivity contribution is 5.97. The highest BCUT2D eigenvalue weighted by atomic mass is 16.5. The summed E-state index contributed by atoms with van der Waals surface area (Å²) in [5.41, 5.74) is 1.15. The molecule has 0 aliphatic heterocycles. The molecule has 0 bridgehead atoms. The zero-order chi connectivity index (χ0) is 21.9. The van der Waals surface area contributed by atoms with Gasteiger partial charge >= 0.3 is 12.0 Å². The van der Waals surface area contributed by atoms with E-state index in [-0.39, 0.29) is 12.3 Å². The molecule has 0 fully saturated rings. The van der Waals surface area contributed by atoms with Crippen LogP contribution >= 0.6 is 0 Å².